The Balaban J connectivity index is 1.81. The van der Waals surface area contributed by atoms with Crippen molar-refractivity contribution in [3.8, 4) is 5.75 Å². The number of aliphatic hydroxyl groups excluding tert-OH is 1. The number of esters is 1. The van der Waals surface area contributed by atoms with Crippen LogP contribution in [0.25, 0.3) is 16.8 Å². The lowest BCUT2D eigenvalue weighted by molar-refractivity contribution is -0.138. The van der Waals surface area contributed by atoms with E-state index in [4.69, 9.17) is 14.5 Å². The van der Waals surface area contributed by atoms with Crippen molar-refractivity contribution in [3.05, 3.63) is 88.5 Å². The van der Waals surface area contributed by atoms with Crippen LogP contribution in [-0.4, -0.2) is 29.8 Å². The second-order valence-corrected chi connectivity index (χ2v) is 7.78. The Labute approximate surface area is 184 Å². The maximum absolute atomic E-state index is 12.6. The van der Waals surface area contributed by atoms with Crippen molar-refractivity contribution >= 4 is 45.3 Å². The molecular weight excluding hydrogens is 410 g/mol. The number of carbonyl (C=O) groups is 1. The first-order valence-corrected chi connectivity index (χ1v) is 10.6. The van der Waals surface area contributed by atoms with Crippen LogP contribution in [0.15, 0.2) is 88.0 Å². The summed E-state index contributed by atoms with van der Waals surface area (Å²) in [6, 6.07) is 21.2. The molecule has 0 aliphatic carbocycles. The molecule has 0 amide bonds. The molecule has 6 heteroatoms. The predicted molar refractivity (Wildman–Crippen MR) is 126 cm³/mol. The molecule has 1 N–H and O–H groups in total. The van der Waals surface area contributed by atoms with Crippen LogP contribution in [0.2, 0.25) is 0 Å². The molecule has 0 fully saturated rings. The number of aliphatic hydroxyl groups is 1. The zero-order valence-electron chi connectivity index (χ0n) is 17.2. The van der Waals surface area contributed by atoms with Crippen LogP contribution in [0.5, 0.6) is 5.75 Å². The van der Waals surface area contributed by atoms with Crippen LogP contribution < -0.4 is 4.74 Å². The second-order valence-electron chi connectivity index (χ2n) is 6.75. The molecule has 0 radical (unpaired) electrons. The number of carbonyl (C=O) groups excluding carboxylic acids is 1. The average Bonchev–Trinajstić information content (AvgIpc) is 3.09. The number of benzene rings is 3. The van der Waals surface area contributed by atoms with E-state index in [-0.39, 0.29) is 17.9 Å². The number of thioether (sulfide) groups is 1. The van der Waals surface area contributed by atoms with Crippen molar-refractivity contribution in [1.29, 1.82) is 0 Å². The Morgan fingerprint density at radius 2 is 1.87 bits per heavy atom. The molecule has 3 aromatic rings. The molecule has 1 aliphatic rings. The molecule has 0 unspecified atom stereocenters. The molecule has 3 aromatic carbocycles. The van der Waals surface area contributed by atoms with Crippen molar-refractivity contribution < 1.29 is 19.4 Å². The van der Waals surface area contributed by atoms with Gasteiger partial charge in [0.15, 0.2) is 0 Å². The zero-order chi connectivity index (χ0) is 21.8. The summed E-state index contributed by atoms with van der Waals surface area (Å²) in [5, 5.41) is 13.3. The molecule has 0 saturated carbocycles. The summed E-state index contributed by atoms with van der Waals surface area (Å²) in [6.07, 6.45) is 1.80. The molecule has 0 atom stereocenters. The summed E-state index contributed by atoms with van der Waals surface area (Å²) in [5.74, 6) is -0.0261. The van der Waals surface area contributed by atoms with Gasteiger partial charge in [-0.05, 0) is 42.1 Å². The van der Waals surface area contributed by atoms with Gasteiger partial charge in [-0.1, -0.05) is 60.3 Å². The molecule has 0 spiro atoms. The molecule has 4 rings (SSSR count). The van der Waals surface area contributed by atoms with E-state index in [1.165, 1.54) is 11.8 Å². The maximum Gasteiger partial charge on any atom is 0.344 e. The van der Waals surface area contributed by atoms with E-state index < -0.39 is 5.97 Å². The summed E-state index contributed by atoms with van der Waals surface area (Å²) in [6.45, 7) is 1.93. The minimum atomic E-state index is -0.597. The molecular formula is C25H21NO4S. The van der Waals surface area contributed by atoms with Gasteiger partial charge < -0.3 is 14.6 Å². The third-order valence-corrected chi connectivity index (χ3v) is 5.77. The summed E-state index contributed by atoms with van der Waals surface area (Å²) in [7, 11) is 1.60. The number of nitrogens with zero attached hydrogens (tertiary/aromatic N) is 1. The fourth-order valence-corrected chi connectivity index (χ4v) is 4.32. The van der Waals surface area contributed by atoms with E-state index in [0.717, 1.165) is 22.0 Å². The number of aliphatic imine (C=N–C) groups is 1. The molecule has 1 aliphatic heterocycles. The highest BCUT2D eigenvalue weighted by Gasteiger charge is 2.33. The lowest BCUT2D eigenvalue weighted by atomic mass is 10.1. The minimum Gasteiger partial charge on any atom is -0.506 e. The second kappa shape index (κ2) is 9.10. The van der Waals surface area contributed by atoms with Crippen LogP contribution in [0.4, 0.5) is 5.69 Å². The summed E-state index contributed by atoms with van der Waals surface area (Å²) in [4.78, 5) is 17.9. The van der Waals surface area contributed by atoms with Crippen LogP contribution in [0.1, 0.15) is 12.5 Å². The highest BCUT2D eigenvalue weighted by molar-refractivity contribution is 8.18. The van der Waals surface area contributed by atoms with E-state index in [1.807, 2.05) is 66.7 Å². The first kappa shape index (κ1) is 20.8. The fourth-order valence-electron chi connectivity index (χ4n) is 3.29. The van der Waals surface area contributed by atoms with Gasteiger partial charge in [-0.15, -0.1) is 0 Å². The average molecular weight is 432 g/mol. The van der Waals surface area contributed by atoms with Crippen molar-refractivity contribution in [1.82, 2.24) is 0 Å². The van der Waals surface area contributed by atoms with Gasteiger partial charge in [0.2, 0.25) is 0 Å². The Morgan fingerprint density at radius 1 is 1.10 bits per heavy atom. The van der Waals surface area contributed by atoms with Gasteiger partial charge in [0, 0.05) is 5.39 Å². The van der Waals surface area contributed by atoms with Gasteiger partial charge in [-0.3, -0.25) is 0 Å². The number of hydrogen-bond donors (Lipinski definition) is 1. The first-order valence-electron chi connectivity index (χ1n) is 9.82. The molecule has 0 aromatic heterocycles. The van der Waals surface area contributed by atoms with E-state index in [1.54, 1.807) is 20.1 Å². The molecule has 5 nitrogen and oxygen atoms in total. The standard InChI is InChI=1S/C25H21NO4S/c1-3-30-25(28)22-23(27)21(15-16-8-6-11-18(14-16)29-2)31-24(22)26-20-13-7-10-17-9-4-5-12-19(17)20/h4-15,27H,3H2,1-2H3. The Morgan fingerprint density at radius 3 is 2.68 bits per heavy atom. The maximum atomic E-state index is 12.6. The highest BCUT2D eigenvalue weighted by atomic mass is 32.2. The Bertz CT molecular complexity index is 1240. The van der Waals surface area contributed by atoms with Crippen molar-refractivity contribution in [2.75, 3.05) is 13.7 Å². The Hall–Kier alpha value is -3.51. The van der Waals surface area contributed by atoms with E-state index >= 15 is 0 Å². The SMILES string of the molecule is CCOC(=O)C1=C(O)C(=Cc2cccc(OC)c2)SC1=Nc1cccc2ccccc12. The van der Waals surface area contributed by atoms with Gasteiger partial charge in [0.05, 0.1) is 24.3 Å². The summed E-state index contributed by atoms with van der Waals surface area (Å²) >= 11 is 1.24. The largest absolute Gasteiger partial charge is 0.506 e. The highest BCUT2D eigenvalue weighted by Crippen LogP contribution is 2.41. The van der Waals surface area contributed by atoms with Gasteiger partial charge in [0.25, 0.3) is 0 Å². The van der Waals surface area contributed by atoms with Crippen LogP contribution in [-0.2, 0) is 9.53 Å². The van der Waals surface area contributed by atoms with E-state index in [0.29, 0.717) is 15.7 Å². The van der Waals surface area contributed by atoms with Gasteiger partial charge in [-0.25, -0.2) is 9.79 Å². The van der Waals surface area contributed by atoms with Gasteiger partial charge in [-0.2, -0.15) is 0 Å². The number of fused-ring (bicyclic) bond motifs is 1. The number of methoxy groups -OCH3 is 1. The molecule has 156 valence electrons. The van der Waals surface area contributed by atoms with Crippen LogP contribution in [0, 0.1) is 0 Å². The van der Waals surface area contributed by atoms with Crippen molar-refractivity contribution in [3.63, 3.8) is 0 Å². The third-order valence-electron chi connectivity index (χ3n) is 4.75. The van der Waals surface area contributed by atoms with Gasteiger partial charge in [0.1, 0.15) is 22.1 Å². The Kier molecular flexibility index (Phi) is 6.09. The first-order chi connectivity index (χ1) is 15.1. The fraction of sp³-hybridized carbons (Fsp3) is 0.120. The quantitative estimate of drug-likeness (QED) is 0.499. The summed E-state index contributed by atoms with van der Waals surface area (Å²) in [5.41, 5.74) is 1.63. The number of hydrogen-bond acceptors (Lipinski definition) is 6. The molecule has 31 heavy (non-hydrogen) atoms. The summed E-state index contributed by atoms with van der Waals surface area (Å²) < 4.78 is 10.5. The topological polar surface area (TPSA) is 68.1 Å². The third kappa shape index (κ3) is 4.34. The van der Waals surface area contributed by atoms with E-state index in [9.17, 15) is 9.90 Å². The van der Waals surface area contributed by atoms with E-state index in [2.05, 4.69) is 0 Å². The van der Waals surface area contributed by atoms with Crippen molar-refractivity contribution in [2.45, 2.75) is 6.92 Å². The van der Waals surface area contributed by atoms with Crippen molar-refractivity contribution in [2.24, 2.45) is 4.99 Å². The smallest absolute Gasteiger partial charge is 0.344 e. The van der Waals surface area contributed by atoms with Gasteiger partial charge >= 0.3 is 5.97 Å². The monoisotopic (exact) mass is 431 g/mol. The molecule has 0 bridgehead atoms. The predicted octanol–water partition coefficient (Wildman–Crippen LogP) is 6.04. The lowest BCUT2D eigenvalue weighted by Gasteiger charge is -2.05. The number of ether oxygens (including phenoxy) is 2. The number of rotatable bonds is 5. The molecule has 1 heterocycles. The van der Waals surface area contributed by atoms with Crippen LogP contribution >= 0.6 is 11.8 Å². The van der Waals surface area contributed by atoms with Crippen LogP contribution in [0.3, 0.4) is 0 Å². The molecule has 0 saturated heterocycles. The lowest BCUT2D eigenvalue weighted by Crippen LogP contribution is -2.12. The zero-order valence-corrected chi connectivity index (χ0v) is 18.0. The minimum absolute atomic E-state index is 0.0777. The normalized spacial score (nSPS) is 16.3.